The minimum atomic E-state index is -0.248. The number of hydrogen-bond donors (Lipinski definition) is 0. The van der Waals surface area contributed by atoms with Gasteiger partial charge in [0.25, 0.3) is 0 Å². The van der Waals surface area contributed by atoms with Gasteiger partial charge in [0.05, 0.1) is 11.4 Å². The fraction of sp³-hybridized carbons (Fsp3) is 0.0312. The molecule has 0 amide bonds. The molecule has 0 saturated heterocycles. The van der Waals surface area contributed by atoms with Crippen LogP contribution < -0.4 is 0 Å². The molecule has 1 aliphatic rings. The summed E-state index contributed by atoms with van der Waals surface area (Å²) in [5.74, 6) is 0.702. The third-order valence-electron chi connectivity index (χ3n) is 13.6. The molecule has 0 bridgehead atoms. The van der Waals surface area contributed by atoms with Crippen LogP contribution in [0.25, 0.3) is 100 Å². The summed E-state index contributed by atoms with van der Waals surface area (Å²) >= 11 is 0. The van der Waals surface area contributed by atoms with Gasteiger partial charge in [0.2, 0.25) is 0 Å². The lowest BCUT2D eigenvalue weighted by Crippen LogP contribution is -2.22. The zero-order chi connectivity index (χ0) is 44.0. The highest BCUT2D eigenvalue weighted by atomic mass is 14.9. The molecule has 0 radical (unpaired) electrons. The monoisotopic (exact) mass is 840 g/mol. The zero-order valence-electron chi connectivity index (χ0n) is 36.6. The van der Waals surface area contributed by atoms with Crippen molar-refractivity contribution in [3.63, 3.8) is 0 Å². The topological polar surface area (TPSA) is 25.8 Å². The molecule has 0 N–H and O–H groups in total. The highest BCUT2D eigenvalue weighted by molar-refractivity contribution is 6.05. The first-order valence-corrected chi connectivity index (χ1v) is 22.7. The SMILES string of the molecule is CC1(c2ccccc2)c2ccccc2-c2ccc(-c3cccc(-c4cccc(-c5ccc(-c6cc(-c7ccc(-c8ccccc8)cc7)nc(-c7ccccc7)n6)c6ccccc56)c4)c3)cc21. The molecule has 1 atom stereocenters. The van der Waals surface area contributed by atoms with Crippen molar-refractivity contribution in [2.24, 2.45) is 0 Å². The molecule has 2 nitrogen and oxygen atoms in total. The lowest BCUT2D eigenvalue weighted by atomic mass is 9.74. The van der Waals surface area contributed by atoms with Gasteiger partial charge in [-0.3, -0.25) is 0 Å². The van der Waals surface area contributed by atoms with Crippen molar-refractivity contribution >= 4 is 10.8 Å². The van der Waals surface area contributed by atoms with Crippen LogP contribution in [-0.2, 0) is 5.41 Å². The summed E-state index contributed by atoms with van der Waals surface area (Å²) in [7, 11) is 0. The summed E-state index contributed by atoms with van der Waals surface area (Å²) < 4.78 is 0. The third-order valence-corrected chi connectivity index (χ3v) is 13.6. The smallest absolute Gasteiger partial charge is 0.160 e. The molecule has 1 unspecified atom stereocenters. The standard InChI is InChI=1S/C64H44N2/c1-64(52-25-9-4-10-26-52)59-30-14-13-29-56(59)57-36-35-50(41-60(57)64)48-22-15-21-47(39-48)49-23-16-24-51(40-49)53-37-38-58(55-28-12-11-27-54(53)55)62-42-61(65-63(66-62)46-19-7-3-8-20-46)45-33-31-44(32-34-45)43-17-5-2-6-18-43/h2-42H,1H3. The van der Waals surface area contributed by atoms with Crippen molar-refractivity contribution in [3.8, 4) is 89.5 Å². The first kappa shape index (κ1) is 39.2. The lowest BCUT2D eigenvalue weighted by molar-refractivity contribution is 0.714. The first-order chi connectivity index (χ1) is 32.6. The molecule has 0 fully saturated rings. The molecule has 2 heteroatoms. The highest BCUT2D eigenvalue weighted by Crippen LogP contribution is 2.53. The summed E-state index contributed by atoms with van der Waals surface area (Å²) in [6.07, 6.45) is 0. The summed E-state index contributed by atoms with van der Waals surface area (Å²) in [5, 5.41) is 2.32. The van der Waals surface area contributed by atoms with Gasteiger partial charge in [0, 0.05) is 22.1 Å². The van der Waals surface area contributed by atoms with E-state index in [0.29, 0.717) is 5.82 Å². The fourth-order valence-corrected chi connectivity index (χ4v) is 10.2. The van der Waals surface area contributed by atoms with Crippen LogP contribution in [0, 0.1) is 0 Å². The largest absolute Gasteiger partial charge is 0.228 e. The van der Waals surface area contributed by atoms with Crippen LogP contribution >= 0.6 is 0 Å². The van der Waals surface area contributed by atoms with Crippen molar-refractivity contribution in [1.29, 1.82) is 0 Å². The number of nitrogens with zero attached hydrogens (tertiary/aromatic N) is 2. The Morgan fingerprint density at radius 3 is 1.44 bits per heavy atom. The zero-order valence-corrected chi connectivity index (χ0v) is 36.6. The summed E-state index contributed by atoms with van der Waals surface area (Å²) in [6, 6.07) is 89.7. The Kier molecular flexibility index (Phi) is 9.65. The average molecular weight is 841 g/mol. The summed E-state index contributed by atoms with van der Waals surface area (Å²) in [5.41, 5.74) is 20.8. The van der Waals surface area contributed by atoms with E-state index >= 15 is 0 Å². The van der Waals surface area contributed by atoms with Crippen LogP contribution in [-0.4, -0.2) is 9.97 Å². The first-order valence-electron chi connectivity index (χ1n) is 22.7. The van der Waals surface area contributed by atoms with E-state index in [4.69, 9.17) is 9.97 Å². The predicted octanol–water partition coefficient (Wildman–Crippen LogP) is 16.6. The maximum absolute atomic E-state index is 5.25. The molecule has 310 valence electrons. The molecule has 1 aliphatic carbocycles. The molecule has 0 aliphatic heterocycles. The van der Waals surface area contributed by atoms with Crippen LogP contribution in [0.15, 0.2) is 249 Å². The average Bonchev–Trinajstić information content (AvgIpc) is 3.66. The van der Waals surface area contributed by atoms with Crippen LogP contribution in [0.4, 0.5) is 0 Å². The molecule has 11 aromatic rings. The van der Waals surface area contributed by atoms with Crippen LogP contribution in [0.5, 0.6) is 0 Å². The Morgan fingerprint density at radius 1 is 0.273 bits per heavy atom. The van der Waals surface area contributed by atoms with E-state index in [2.05, 4.69) is 237 Å². The third kappa shape index (κ3) is 6.83. The Morgan fingerprint density at radius 2 is 0.727 bits per heavy atom. The second kappa shape index (κ2) is 16.3. The van der Waals surface area contributed by atoms with E-state index in [-0.39, 0.29) is 5.41 Å². The highest BCUT2D eigenvalue weighted by Gasteiger charge is 2.40. The van der Waals surface area contributed by atoms with E-state index in [1.807, 2.05) is 18.2 Å². The molecular formula is C64H44N2. The molecule has 1 aromatic heterocycles. The Bertz CT molecular complexity index is 3580. The van der Waals surface area contributed by atoms with Crippen molar-refractivity contribution < 1.29 is 0 Å². The van der Waals surface area contributed by atoms with Gasteiger partial charge in [0.1, 0.15) is 0 Å². The molecule has 0 saturated carbocycles. The second-order valence-corrected chi connectivity index (χ2v) is 17.4. The van der Waals surface area contributed by atoms with Crippen molar-refractivity contribution in [2.75, 3.05) is 0 Å². The Hall–Kier alpha value is -8.46. The normalized spacial score (nSPS) is 13.9. The van der Waals surface area contributed by atoms with Gasteiger partial charge in [-0.05, 0) is 114 Å². The molecule has 12 rings (SSSR count). The van der Waals surface area contributed by atoms with Crippen molar-refractivity contribution in [3.05, 3.63) is 265 Å². The molecule has 1 heterocycles. The molecule has 0 spiro atoms. The Balaban J connectivity index is 0.910. The van der Waals surface area contributed by atoms with E-state index in [1.54, 1.807) is 0 Å². The Labute approximate surface area is 386 Å². The summed E-state index contributed by atoms with van der Waals surface area (Å²) in [4.78, 5) is 10.4. The van der Waals surface area contributed by atoms with Gasteiger partial charge in [-0.2, -0.15) is 0 Å². The van der Waals surface area contributed by atoms with Gasteiger partial charge >= 0.3 is 0 Å². The van der Waals surface area contributed by atoms with E-state index < -0.39 is 0 Å². The minimum absolute atomic E-state index is 0.248. The summed E-state index contributed by atoms with van der Waals surface area (Å²) in [6.45, 7) is 2.38. The molecular weight excluding hydrogens is 797 g/mol. The maximum Gasteiger partial charge on any atom is 0.160 e. The molecule has 66 heavy (non-hydrogen) atoms. The fourth-order valence-electron chi connectivity index (χ4n) is 10.2. The van der Waals surface area contributed by atoms with E-state index in [9.17, 15) is 0 Å². The van der Waals surface area contributed by atoms with Crippen molar-refractivity contribution in [1.82, 2.24) is 9.97 Å². The van der Waals surface area contributed by atoms with Gasteiger partial charge in [-0.1, -0.05) is 224 Å². The van der Waals surface area contributed by atoms with E-state index in [1.165, 1.54) is 77.7 Å². The number of rotatable bonds is 8. The van der Waals surface area contributed by atoms with Crippen molar-refractivity contribution in [2.45, 2.75) is 12.3 Å². The number of aromatic nitrogens is 2. The molecule has 10 aromatic carbocycles. The van der Waals surface area contributed by atoms with Crippen LogP contribution in [0.3, 0.4) is 0 Å². The van der Waals surface area contributed by atoms with Gasteiger partial charge in [-0.15, -0.1) is 0 Å². The minimum Gasteiger partial charge on any atom is -0.228 e. The van der Waals surface area contributed by atoms with Crippen LogP contribution in [0.2, 0.25) is 0 Å². The number of fused-ring (bicyclic) bond motifs is 4. The van der Waals surface area contributed by atoms with Crippen LogP contribution in [0.1, 0.15) is 23.6 Å². The quantitative estimate of drug-likeness (QED) is 0.152. The second-order valence-electron chi connectivity index (χ2n) is 17.4. The number of hydrogen-bond acceptors (Lipinski definition) is 2. The number of benzene rings is 10. The van der Waals surface area contributed by atoms with Gasteiger partial charge < -0.3 is 0 Å². The predicted molar refractivity (Wildman–Crippen MR) is 275 cm³/mol. The van der Waals surface area contributed by atoms with E-state index in [0.717, 1.165) is 33.5 Å². The van der Waals surface area contributed by atoms with Gasteiger partial charge in [0.15, 0.2) is 5.82 Å². The lowest BCUT2D eigenvalue weighted by Gasteiger charge is -2.28. The maximum atomic E-state index is 5.25. The van der Waals surface area contributed by atoms with Gasteiger partial charge in [-0.25, -0.2) is 9.97 Å².